The van der Waals surface area contributed by atoms with Crippen LogP contribution in [0.2, 0.25) is 5.02 Å². The molecule has 110 valence electrons. The fraction of sp³-hybridized carbons (Fsp3) is 0.188. The van der Waals surface area contributed by atoms with Gasteiger partial charge in [0, 0.05) is 6.54 Å². The average Bonchev–Trinajstić information content (AvgIpc) is 2.48. The van der Waals surface area contributed by atoms with Crippen molar-refractivity contribution in [1.29, 1.82) is 0 Å². The first-order valence-corrected chi connectivity index (χ1v) is 7.00. The van der Waals surface area contributed by atoms with Crippen molar-refractivity contribution in [2.75, 3.05) is 5.32 Å². The van der Waals surface area contributed by atoms with Crippen molar-refractivity contribution in [2.45, 2.75) is 19.6 Å². The summed E-state index contributed by atoms with van der Waals surface area (Å²) in [7, 11) is 0. The van der Waals surface area contributed by atoms with E-state index in [1.165, 1.54) is 0 Å². The van der Waals surface area contributed by atoms with Crippen LogP contribution in [0.3, 0.4) is 0 Å². The van der Waals surface area contributed by atoms with Gasteiger partial charge in [-0.15, -0.1) is 0 Å². The maximum absolute atomic E-state index is 11.8. The minimum atomic E-state index is -0.490. The monoisotopic (exact) mass is 304 g/mol. The van der Waals surface area contributed by atoms with Gasteiger partial charge in [-0.3, -0.25) is 0 Å². The molecule has 4 nitrogen and oxygen atoms in total. The molecular formula is C16H17ClN2O2. The van der Waals surface area contributed by atoms with Crippen molar-refractivity contribution in [1.82, 2.24) is 5.32 Å². The molecule has 0 aliphatic carbocycles. The van der Waals surface area contributed by atoms with Crippen LogP contribution >= 0.6 is 11.6 Å². The lowest BCUT2D eigenvalue weighted by Crippen LogP contribution is -2.28. The highest BCUT2D eigenvalue weighted by molar-refractivity contribution is 6.33. The van der Waals surface area contributed by atoms with Crippen molar-refractivity contribution < 1.29 is 9.90 Å². The zero-order chi connectivity index (χ0) is 15.2. The van der Waals surface area contributed by atoms with Crippen LogP contribution in [0, 0.1) is 0 Å². The molecular weight excluding hydrogens is 288 g/mol. The molecule has 2 rings (SSSR count). The Balaban J connectivity index is 1.88. The Bertz CT molecular complexity index is 612. The fourth-order valence-corrected chi connectivity index (χ4v) is 2.01. The Morgan fingerprint density at radius 2 is 1.86 bits per heavy atom. The third kappa shape index (κ3) is 4.48. The first-order chi connectivity index (χ1) is 10.1. The Kier molecular flexibility index (Phi) is 5.20. The molecule has 2 aromatic rings. The van der Waals surface area contributed by atoms with Gasteiger partial charge in [-0.25, -0.2) is 4.79 Å². The van der Waals surface area contributed by atoms with E-state index in [0.717, 1.165) is 11.1 Å². The number of para-hydroxylation sites is 1. The smallest absolute Gasteiger partial charge is 0.319 e. The molecule has 0 radical (unpaired) electrons. The molecule has 2 aromatic carbocycles. The summed E-state index contributed by atoms with van der Waals surface area (Å²) in [5.74, 6) is 0. The van der Waals surface area contributed by atoms with E-state index in [-0.39, 0.29) is 6.03 Å². The summed E-state index contributed by atoms with van der Waals surface area (Å²) >= 11 is 5.97. The van der Waals surface area contributed by atoms with Crippen molar-refractivity contribution in [3.63, 3.8) is 0 Å². The number of carbonyl (C=O) groups is 1. The second kappa shape index (κ2) is 7.11. The lowest BCUT2D eigenvalue weighted by Gasteiger charge is -2.10. The molecule has 1 atom stereocenters. The Morgan fingerprint density at radius 3 is 2.48 bits per heavy atom. The van der Waals surface area contributed by atoms with Crippen LogP contribution < -0.4 is 10.6 Å². The molecule has 0 saturated carbocycles. The lowest BCUT2D eigenvalue weighted by atomic mass is 10.1. The van der Waals surface area contributed by atoms with Gasteiger partial charge in [-0.1, -0.05) is 48.0 Å². The first kappa shape index (κ1) is 15.4. The number of benzene rings is 2. The Labute approximate surface area is 128 Å². The van der Waals surface area contributed by atoms with Crippen molar-refractivity contribution in [3.05, 3.63) is 64.7 Å². The number of aliphatic hydroxyl groups is 1. The summed E-state index contributed by atoms with van der Waals surface area (Å²) in [5, 5.41) is 15.4. The molecule has 2 amide bonds. The number of halogens is 1. The van der Waals surface area contributed by atoms with Gasteiger partial charge in [0.25, 0.3) is 0 Å². The van der Waals surface area contributed by atoms with E-state index < -0.39 is 6.10 Å². The standard InChI is InChI=1S/C16H17ClN2O2/c1-11(20)13-8-6-12(7-9-13)10-18-16(21)19-15-5-3-2-4-14(15)17/h2-9,11,20H,10H2,1H3,(H2,18,19,21)/t11-/m0/s1. The van der Waals surface area contributed by atoms with Crippen LogP contribution in [-0.4, -0.2) is 11.1 Å². The summed E-state index contributed by atoms with van der Waals surface area (Å²) in [5.41, 5.74) is 2.37. The quantitative estimate of drug-likeness (QED) is 0.806. The predicted molar refractivity (Wildman–Crippen MR) is 84.4 cm³/mol. The second-order valence-electron chi connectivity index (χ2n) is 4.71. The number of amides is 2. The van der Waals surface area contributed by atoms with Crippen LogP contribution in [0.1, 0.15) is 24.2 Å². The highest BCUT2D eigenvalue weighted by Crippen LogP contribution is 2.20. The number of nitrogens with one attached hydrogen (secondary N) is 2. The topological polar surface area (TPSA) is 61.4 Å². The molecule has 0 aliphatic heterocycles. The van der Waals surface area contributed by atoms with Gasteiger partial charge >= 0.3 is 6.03 Å². The van der Waals surface area contributed by atoms with Crippen LogP contribution in [0.5, 0.6) is 0 Å². The van der Waals surface area contributed by atoms with E-state index in [1.807, 2.05) is 24.3 Å². The van der Waals surface area contributed by atoms with E-state index in [1.54, 1.807) is 31.2 Å². The molecule has 3 N–H and O–H groups in total. The SMILES string of the molecule is C[C@H](O)c1ccc(CNC(=O)Nc2ccccc2Cl)cc1. The number of rotatable bonds is 4. The number of carbonyl (C=O) groups excluding carboxylic acids is 1. The molecule has 0 aromatic heterocycles. The number of aliphatic hydroxyl groups excluding tert-OH is 1. The third-order valence-corrected chi connectivity index (χ3v) is 3.37. The molecule has 0 bridgehead atoms. The third-order valence-electron chi connectivity index (χ3n) is 3.04. The highest BCUT2D eigenvalue weighted by atomic mass is 35.5. The minimum absolute atomic E-state index is 0.317. The van der Waals surface area contributed by atoms with Crippen LogP contribution in [0.15, 0.2) is 48.5 Å². The molecule has 0 fully saturated rings. The molecule has 0 heterocycles. The summed E-state index contributed by atoms with van der Waals surface area (Å²) in [4.78, 5) is 11.8. The van der Waals surface area contributed by atoms with E-state index >= 15 is 0 Å². The van der Waals surface area contributed by atoms with E-state index in [9.17, 15) is 9.90 Å². The molecule has 0 spiro atoms. The van der Waals surface area contributed by atoms with Crippen molar-refractivity contribution >= 4 is 23.3 Å². The summed E-state index contributed by atoms with van der Waals surface area (Å²) in [6, 6.07) is 14.2. The van der Waals surface area contributed by atoms with Crippen LogP contribution in [0.4, 0.5) is 10.5 Å². The molecule has 0 saturated heterocycles. The summed E-state index contributed by atoms with van der Waals surface area (Å²) in [6.45, 7) is 2.11. The highest BCUT2D eigenvalue weighted by Gasteiger charge is 2.05. The van der Waals surface area contributed by atoms with Gasteiger partial charge in [-0.05, 0) is 30.2 Å². The van der Waals surface area contributed by atoms with Crippen molar-refractivity contribution in [2.24, 2.45) is 0 Å². The van der Waals surface area contributed by atoms with Gasteiger partial charge in [0.05, 0.1) is 16.8 Å². The van der Waals surface area contributed by atoms with Crippen molar-refractivity contribution in [3.8, 4) is 0 Å². The maximum atomic E-state index is 11.8. The number of hydrogen-bond donors (Lipinski definition) is 3. The van der Waals surface area contributed by atoms with E-state index in [4.69, 9.17) is 11.6 Å². The zero-order valence-electron chi connectivity index (χ0n) is 11.6. The van der Waals surface area contributed by atoms with Crippen LogP contribution in [0.25, 0.3) is 0 Å². The number of anilines is 1. The van der Waals surface area contributed by atoms with Gasteiger partial charge in [0.2, 0.25) is 0 Å². The number of hydrogen-bond acceptors (Lipinski definition) is 2. The Hall–Kier alpha value is -2.04. The van der Waals surface area contributed by atoms with Gasteiger partial charge in [-0.2, -0.15) is 0 Å². The minimum Gasteiger partial charge on any atom is -0.389 e. The molecule has 5 heteroatoms. The van der Waals surface area contributed by atoms with Gasteiger partial charge < -0.3 is 15.7 Å². The number of urea groups is 1. The molecule has 21 heavy (non-hydrogen) atoms. The van der Waals surface area contributed by atoms with Gasteiger partial charge in [0.15, 0.2) is 0 Å². The average molecular weight is 305 g/mol. The second-order valence-corrected chi connectivity index (χ2v) is 5.11. The summed E-state index contributed by atoms with van der Waals surface area (Å²) < 4.78 is 0. The largest absolute Gasteiger partial charge is 0.389 e. The molecule has 0 aliphatic rings. The normalized spacial score (nSPS) is 11.8. The van der Waals surface area contributed by atoms with Crippen LogP contribution in [-0.2, 0) is 6.54 Å². The molecule has 0 unspecified atom stereocenters. The predicted octanol–water partition coefficient (Wildman–Crippen LogP) is 3.72. The summed E-state index contributed by atoms with van der Waals surface area (Å²) in [6.07, 6.45) is -0.490. The fourth-order valence-electron chi connectivity index (χ4n) is 1.83. The zero-order valence-corrected chi connectivity index (χ0v) is 12.4. The van der Waals surface area contributed by atoms with Gasteiger partial charge in [0.1, 0.15) is 0 Å². The first-order valence-electron chi connectivity index (χ1n) is 6.62. The van der Waals surface area contributed by atoms with E-state index in [2.05, 4.69) is 10.6 Å². The maximum Gasteiger partial charge on any atom is 0.319 e. The Morgan fingerprint density at radius 1 is 1.19 bits per heavy atom. The van der Waals surface area contributed by atoms with E-state index in [0.29, 0.717) is 17.3 Å². The lowest BCUT2D eigenvalue weighted by molar-refractivity contribution is 0.199.